The molecule has 0 aliphatic carbocycles. The highest BCUT2D eigenvalue weighted by Gasteiger charge is 2.09. The van der Waals surface area contributed by atoms with Gasteiger partial charge in [-0.05, 0) is 36.8 Å². The van der Waals surface area contributed by atoms with Crippen LogP contribution in [0, 0.1) is 6.92 Å². The van der Waals surface area contributed by atoms with Gasteiger partial charge in [-0.25, -0.2) is 0 Å². The average Bonchev–Trinajstić information content (AvgIpc) is 3.01. The standard InChI is InChI=1S/C17H16N4OS2/c1-12-6-5-9-14(10-12)18-15(22)11-23-17-21-20-16(24-17)19-13-7-3-2-4-8-13/h2-10H,11H2,1H3,(H,18,22)(H,19,20). The van der Waals surface area contributed by atoms with Crippen molar-refractivity contribution >= 4 is 45.5 Å². The number of hydrogen-bond donors (Lipinski definition) is 2. The number of amides is 1. The third kappa shape index (κ3) is 4.81. The van der Waals surface area contributed by atoms with Crippen molar-refractivity contribution in [1.82, 2.24) is 10.2 Å². The molecular formula is C17H16N4OS2. The Morgan fingerprint density at radius 2 is 1.88 bits per heavy atom. The number of nitrogens with zero attached hydrogens (tertiary/aromatic N) is 2. The topological polar surface area (TPSA) is 66.9 Å². The highest BCUT2D eigenvalue weighted by atomic mass is 32.2. The SMILES string of the molecule is Cc1cccc(NC(=O)CSc2nnc(Nc3ccccc3)s2)c1. The molecule has 0 aliphatic heterocycles. The smallest absolute Gasteiger partial charge is 0.234 e. The van der Waals surface area contributed by atoms with Crippen LogP contribution in [-0.4, -0.2) is 21.9 Å². The van der Waals surface area contributed by atoms with E-state index in [2.05, 4.69) is 20.8 Å². The highest BCUT2D eigenvalue weighted by molar-refractivity contribution is 8.01. The van der Waals surface area contributed by atoms with Crippen LogP contribution in [0.1, 0.15) is 5.56 Å². The second-order valence-corrected chi connectivity index (χ2v) is 7.27. The molecule has 1 amide bonds. The molecule has 0 spiro atoms. The lowest BCUT2D eigenvalue weighted by Gasteiger charge is -2.04. The first-order valence-electron chi connectivity index (χ1n) is 7.34. The second kappa shape index (κ2) is 7.94. The van der Waals surface area contributed by atoms with Gasteiger partial charge >= 0.3 is 0 Å². The zero-order valence-electron chi connectivity index (χ0n) is 13.0. The van der Waals surface area contributed by atoms with E-state index in [9.17, 15) is 4.79 Å². The highest BCUT2D eigenvalue weighted by Crippen LogP contribution is 2.27. The summed E-state index contributed by atoms with van der Waals surface area (Å²) in [5.41, 5.74) is 2.88. The van der Waals surface area contributed by atoms with E-state index in [0.717, 1.165) is 21.3 Å². The summed E-state index contributed by atoms with van der Waals surface area (Å²) in [6.07, 6.45) is 0. The molecule has 1 heterocycles. The van der Waals surface area contributed by atoms with Crippen LogP contribution in [0.3, 0.4) is 0 Å². The predicted molar refractivity (Wildman–Crippen MR) is 100 cm³/mol. The molecule has 3 rings (SSSR count). The molecule has 3 aromatic rings. The molecule has 7 heteroatoms. The number of nitrogens with one attached hydrogen (secondary N) is 2. The Kier molecular flexibility index (Phi) is 5.45. The molecule has 24 heavy (non-hydrogen) atoms. The van der Waals surface area contributed by atoms with E-state index in [1.807, 2.05) is 61.5 Å². The van der Waals surface area contributed by atoms with Gasteiger partial charge in [0.15, 0.2) is 4.34 Å². The molecule has 1 aromatic heterocycles. The summed E-state index contributed by atoms with van der Waals surface area (Å²) < 4.78 is 0.757. The minimum absolute atomic E-state index is 0.0571. The first-order valence-corrected chi connectivity index (χ1v) is 9.14. The Bertz CT molecular complexity index is 820. The van der Waals surface area contributed by atoms with Crippen LogP contribution in [0.5, 0.6) is 0 Å². The molecule has 2 aromatic carbocycles. The first kappa shape index (κ1) is 16.5. The monoisotopic (exact) mass is 356 g/mol. The summed E-state index contributed by atoms with van der Waals surface area (Å²) in [6, 6.07) is 17.5. The van der Waals surface area contributed by atoms with Crippen molar-refractivity contribution in [2.45, 2.75) is 11.3 Å². The fourth-order valence-corrected chi connectivity index (χ4v) is 3.58. The Morgan fingerprint density at radius 1 is 1.08 bits per heavy atom. The molecule has 122 valence electrons. The lowest BCUT2D eigenvalue weighted by Crippen LogP contribution is -2.13. The van der Waals surface area contributed by atoms with Gasteiger partial charge in [0.1, 0.15) is 0 Å². The van der Waals surface area contributed by atoms with Crippen LogP contribution in [0.15, 0.2) is 58.9 Å². The van der Waals surface area contributed by atoms with Gasteiger partial charge in [0.25, 0.3) is 0 Å². The summed E-state index contributed by atoms with van der Waals surface area (Å²) in [5.74, 6) is 0.242. The van der Waals surface area contributed by atoms with Gasteiger partial charge in [-0.1, -0.05) is 53.4 Å². The van der Waals surface area contributed by atoms with Crippen molar-refractivity contribution in [2.75, 3.05) is 16.4 Å². The molecule has 0 saturated carbocycles. The summed E-state index contributed by atoms with van der Waals surface area (Å²) >= 11 is 2.80. The van der Waals surface area contributed by atoms with E-state index in [0.29, 0.717) is 10.9 Å². The summed E-state index contributed by atoms with van der Waals surface area (Å²) in [6.45, 7) is 1.99. The number of aryl methyl sites for hydroxylation is 1. The molecule has 0 atom stereocenters. The third-order valence-corrected chi connectivity index (χ3v) is 5.03. The normalized spacial score (nSPS) is 10.4. The van der Waals surface area contributed by atoms with Crippen molar-refractivity contribution in [3.8, 4) is 0 Å². The Labute approximate surface area is 148 Å². The number of para-hydroxylation sites is 1. The Morgan fingerprint density at radius 3 is 2.67 bits per heavy atom. The number of hydrogen-bond acceptors (Lipinski definition) is 6. The van der Waals surface area contributed by atoms with Crippen molar-refractivity contribution in [3.63, 3.8) is 0 Å². The molecule has 0 aliphatic rings. The van der Waals surface area contributed by atoms with Crippen LogP contribution >= 0.6 is 23.1 Å². The van der Waals surface area contributed by atoms with E-state index in [1.165, 1.54) is 23.1 Å². The van der Waals surface area contributed by atoms with E-state index in [1.54, 1.807) is 0 Å². The lowest BCUT2D eigenvalue weighted by molar-refractivity contribution is -0.113. The van der Waals surface area contributed by atoms with Crippen LogP contribution < -0.4 is 10.6 Å². The minimum Gasteiger partial charge on any atom is -0.330 e. The molecule has 5 nitrogen and oxygen atoms in total. The first-order chi connectivity index (χ1) is 11.7. The zero-order chi connectivity index (χ0) is 16.8. The number of carbonyl (C=O) groups excluding carboxylic acids is 1. The fourth-order valence-electron chi connectivity index (χ4n) is 2.01. The van der Waals surface area contributed by atoms with Gasteiger partial charge in [0, 0.05) is 11.4 Å². The Hall–Kier alpha value is -2.38. The lowest BCUT2D eigenvalue weighted by atomic mass is 10.2. The maximum absolute atomic E-state index is 12.0. The molecule has 2 N–H and O–H groups in total. The van der Waals surface area contributed by atoms with Crippen LogP contribution in [-0.2, 0) is 4.79 Å². The van der Waals surface area contributed by atoms with Gasteiger partial charge in [0.2, 0.25) is 11.0 Å². The van der Waals surface area contributed by atoms with Crippen LogP contribution in [0.2, 0.25) is 0 Å². The summed E-state index contributed by atoms with van der Waals surface area (Å²) in [5, 5.41) is 15.0. The summed E-state index contributed by atoms with van der Waals surface area (Å²) in [4.78, 5) is 12.0. The maximum atomic E-state index is 12.0. The largest absolute Gasteiger partial charge is 0.330 e. The molecule has 0 radical (unpaired) electrons. The number of anilines is 3. The quantitative estimate of drug-likeness (QED) is 0.644. The average molecular weight is 356 g/mol. The molecular weight excluding hydrogens is 340 g/mol. The molecule has 0 saturated heterocycles. The molecule has 0 unspecified atom stereocenters. The van der Waals surface area contributed by atoms with E-state index >= 15 is 0 Å². The van der Waals surface area contributed by atoms with E-state index in [4.69, 9.17) is 0 Å². The molecule has 0 bridgehead atoms. The Balaban J connectivity index is 1.51. The van der Waals surface area contributed by atoms with Crippen molar-refractivity contribution in [1.29, 1.82) is 0 Å². The van der Waals surface area contributed by atoms with Gasteiger partial charge in [-0.15, -0.1) is 10.2 Å². The number of carbonyl (C=O) groups is 1. The third-order valence-electron chi connectivity index (χ3n) is 3.06. The number of benzene rings is 2. The number of rotatable bonds is 6. The maximum Gasteiger partial charge on any atom is 0.234 e. The van der Waals surface area contributed by atoms with E-state index < -0.39 is 0 Å². The van der Waals surface area contributed by atoms with E-state index in [-0.39, 0.29) is 5.91 Å². The summed E-state index contributed by atoms with van der Waals surface area (Å²) in [7, 11) is 0. The predicted octanol–water partition coefficient (Wildman–Crippen LogP) is 4.32. The van der Waals surface area contributed by atoms with Crippen LogP contribution in [0.4, 0.5) is 16.5 Å². The van der Waals surface area contributed by atoms with Gasteiger partial charge in [-0.3, -0.25) is 4.79 Å². The van der Waals surface area contributed by atoms with Gasteiger partial charge in [0.05, 0.1) is 5.75 Å². The van der Waals surface area contributed by atoms with Crippen LogP contribution in [0.25, 0.3) is 0 Å². The molecule has 0 fully saturated rings. The van der Waals surface area contributed by atoms with Crippen molar-refractivity contribution in [2.24, 2.45) is 0 Å². The second-order valence-electron chi connectivity index (χ2n) is 5.07. The van der Waals surface area contributed by atoms with Gasteiger partial charge < -0.3 is 10.6 Å². The van der Waals surface area contributed by atoms with Crippen molar-refractivity contribution in [3.05, 3.63) is 60.2 Å². The fraction of sp³-hybridized carbons (Fsp3) is 0.118. The number of aromatic nitrogens is 2. The van der Waals surface area contributed by atoms with Gasteiger partial charge in [-0.2, -0.15) is 0 Å². The number of thioether (sulfide) groups is 1. The minimum atomic E-state index is -0.0571. The zero-order valence-corrected chi connectivity index (χ0v) is 14.7. The van der Waals surface area contributed by atoms with Crippen molar-refractivity contribution < 1.29 is 4.79 Å².